The Kier molecular flexibility index (Phi) is 2.59. The van der Waals surface area contributed by atoms with E-state index in [0.717, 1.165) is 0 Å². The third-order valence-corrected chi connectivity index (χ3v) is 2.81. The van der Waals surface area contributed by atoms with Gasteiger partial charge in [-0.25, -0.2) is 0 Å². The van der Waals surface area contributed by atoms with Crippen molar-refractivity contribution >= 4 is 28.7 Å². The smallest absolute Gasteiger partial charge is 0.315 e. The Morgan fingerprint density at radius 1 is 1.67 bits per heavy atom. The summed E-state index contributed by atoms with van der Waals surface area (Å²) in [5, 5.41) is 2.63. The second-order valence-electron chi connectivity index (χ2n) is 2.95. The molecule has 1 N–H and O–H groups in total. The molecule has 1 aromatic rings. The first-order chi connectivity index (χ1) is 7.16. The minimum Gasteiger partial charge on any atom is -0.459 e. The maximum absolute atomic E-state index is 11.4. The molecule has 0 saturated carbocycles. The van der Waals surface area contributed by atoms with Gasteiger partial charge in [0.25, 0.3) is 0 Å². The van der Waals surface area contributed by atoms with Gasteiger partial charge in [0.1, 0.15) is 0 Å². The molecular weight excluding hydrogens is 216 g/mol. The molecule has 1 atom stereocenters. The molecule has 1 aromatic heterocycles. The first-order valence-electron chi connectivity index (χ1n) is 4.31. The summed E-state index contributed by atoms with van der Waals surface area (Å²) >= 11 is 1.23. The molecule has 1 aliphatic heterocycles. The lowest BCUT2D eigenvalue weighted by molar-refractivity contribution is -0.118. The van der Waals surface area contributed by atoms with Gasteiger partial charge in [-0.05, 0) is 19.1 Å². The number of hydrogen-bond donors (Lipinski definition) is 1. The van der Waals surface area contributed by atoms with Crippen molar-refractivity contribution in [2.45, 2.75) is 12.2 Å². The van der Waals surface area contributed by atoms with E-state index in [1.165, 1.54) is 24.1 Å². The van der Waals surface area contributed by atoms with Crippen LogP contribution in [-0.4, -0.2) is 22.2 Å². The minimum atomic E-state index is -0.489. The van der Waals surface area contributed by atoms with Gasteiger partial charge in [0.15, 0.2) is 10.9 Å². The molecule has 78 valence electrons. The molecular formula is C9H8N2O3S. The van der Waals surface area contributed by atoms with Crippen LogP contribution in [0.2, 0.25) is 0 Å². The zero-order valence-corrected chi connectivity index (χ0v) is 8.71. The molecule has 2 rings (SSSR count). The van der Waals surface area contributed by atoms with Crippen LogP contribution in [0.15, 0.2) is 27.8 Å². The van der Waals surface area contributed by atoms with Crippen molar-refractivity contribution in [2.24, 2.45) is 4.99 Å². The Morgan fingerprint density at radius 3 is 3.00 bits per heavy atom. The molecule has 0 bridgehead atoms. The van der Waals surface area contributed by atoms with Gasteiger partial charge in [0.05, 0.1) is 11.5 Å². The SMILES string of the molecule is C[C@H]1SC(=NC(=O)c2ccco2)NC1=O. The molecule has 0 spiro atoms. The number of carbonyl (C=O) groups is 2. The van der Waals surface area contributed by atoms with Crippen LogP contribution in [0.5, 0.6) is 0 Å². The van der Waals surface area contributed by atoms with Gasteiger partial charge in [-0.2, -0.15) is 4.99 Å². The predicted molar refractivity (Wildman–Crippen MR) is 55.7 cm³/mol. The van der Waals surface area contributed by atoms with Gasteiger partial charge >= 0.3 is 5.91 Å². The lowest BCUT2D eigenvalue weighted by Gasteiger charge is -1.92. The minimum absolute atomic E-state index is 0.133. The number of thioether (sulfide) groups is 1. The van der Waals surface area contributed by atoms with E-state index in [0.29, 0.717) is 5.17 Å². The second kappa shape index (κ2) is 3.90. The number of rotatable bonds is 1. The van der Waals surface area contributed by atoms with E-state index in [9.17, 15) is 9.59 Å². The summed E-state index contributed by atoms with van der Waals surface area (Å²) in [5.74, 6) is -0.459. The molecule has 5 nitrogen and oxygen atoms in total. The summed E-state index contributed by atoms with van der Waals surface area (Å²) < 4.78 is 4.88. The Balaban J connectivity index is 2.12. The molecule has 1 saturated heterocycles. The van der Waals surface area contributed by atoms with Gasteiger partial charge in [-0.1, -0.05) is 11.8 Å². The molecule has 15 heavy (non-hydrogen) atoms. The first-order valence-corrected chi connectivity index (χ1v) is 5.19. The molecule has 0 radical (unpaired) electrons. The van der Waals surface area contributed by atoms with Crippen LogP contribution < -0.4 is 5.32 Å². The lowest BCUT2D eigenvalue weighted by atomic mass is 10.4. The van der Waals surface area contributed by atoms with Crippen LogP contribution in [0.1, 0.15) is 17.5 Å². The Labute approximate surface area is 89.9 Å². The van der Waals surface area contributed by atoms with Crippen LogP contribution in [0.25, 0.3) is 0 Å². The van der Waals surface area contributed by atoms with Crippen LogP contribution in [-0.2, 0) is 4.79 Å². The van der Waals surface area contributed by atoms with Crippen molar-refractivity contribution in [2.75, 3.05) is 0 Å². The average Bonchev–Trinajstić information content (AvgIpc) is 2.77. The Morgan fingerprint density at radius 2 is 2.47 bits per heavy atom. The maximum atomic E-state index is 11.4. The van der Waals surface area contributed by atoms with Crippen LogP contribution in [0, 0.1) is 0 Å². The highest BCUT2D eigenvalue weighted by Gasteiger charge is 2.26. The number of aliphatic imine (C=N–C) groups is 1. The molecule has 2 heterocycles. The van der Waals surface area contributed by atoms with E-state index >= 15 is 0 Å². The number of nitrogens with zero attached hydrogens (tertiary/aromatic N) is 1. The van der Waals surface area contributed by atoms with Crippen LogP contribution in [0.4, 0.5) is 0 Å². The molecule has 0 aromatic carbocycles. The van der Waals surface area contributed by atoms with E-state index < -0.39 is 5.91 Å². The van der Waals surface area contributed by atoms with Crippen molar-refractivity contribution in [3.8, 4) is 0 Å². The molecule has 0 aliphatic carbocycles. The third-order valence-electron chi connectivity index (χ3n) is 1.82. The topological polar surface area (TPSA) is 71.7 Å². The van der Waals surface area contributed by atoms with Gasteiger partial charge in [0, 0.05) is 0 Å². The fourth-order valence-electron chi connectivity index (χ4n) is 1.06. The molecule has 1 fully saturated rings. The van der Waals surface area contributed by atoms with Crippen LogP contribution >= 0.6 is 11.8 Å². The normalized spacial score (nSPS) is 23.1. The molecule has 0 unspecified atom stereocenters. The summed E-state index contributed by atoms with van der Waals surface area (Å²) in [6, 6.07) is 3.13. The fourth-order valence-corrected chi connectivity index (χ4v) is 1.86. The van der Waals surface area contributed by atoms with Gasteiger partial charge < -0.3 is 9.73 Å². The number of amides is 2. The number of furan rings is 1. The summed E-state index contributed by atoms with van der Waals surface area (Å²) in [6.45, 7) is 1.75. The number of nitrogens with one attached hydrogen (secondary N) is 1. The van der Waals surface area contributed by atoms with Gasteiger partial charge in [-0.3, -0.25) is 9.59 Å². The summed E-state index contributed by atoms with van der Waals surface area (Å²) in [7, 11) is 0. The van der Waals surface area contributed by atoms with E-state index in [1.54, 1.807) is 13.0 Å². The highest BCUT2D eigenvalue weighted by Crippen LogP contribution is 2.18. The van der Waals surface area contributed by atoms with E-state index in [-0.39, 0.29) is 16.9 Å². The van der Waals surface area contributed by atoms with Crippen LogP contribution in [0.3, 0.4) is 0 Å². The first kappa shape index (κ1) is 9.97. The number of hydrogen-bond acceptors (Lipinski definition) is 4. The zero-order valence-electron chi connectivity index (χ0n) is 7.89. The van der Waals surface area contributed by atoms with Gasteiger partial charge in [-0.15, -0.1) is 0 Å². The maximum Gasteiger partial charge on any atom is 0.315 e. The number of carbonyl (C=O) groups excluding carboxylic acids is 2. The van der Waals surface area contributed by atoms with Crippen molar-refractivity contribution in [1.29, 1.82) is 0 Å². The quantitative estimate of drug-likeness (QED) is 0.773. The second-order valence-corrected chi connectivity index (χ2v) is 4.28. The molecule has 2 amide bonds. The summed E-state index contributed by atoms with van der Waals surface area (Å²) in [6.07, 6.45) is 1.40. The summed E-state index contributed by atoms with van der Waals surface area (Å²) in [5.41, 5.74) is 0. The predicted octanol–water partition coefficient (Wildman–Crippen LogP) is 1.03. The van der Waals surface area contributed by atoms with E-state index in [4.69, 9.17) is 4.42 Å². The molecule has 6 heteroatoms. The summed E-state index contributed by atoms with van der Waals surface area (Å²) in [4.78, 5) is 26.3. The highest BCUT2D eigenvalue weighted by molar-refractivity contribution is 8.15. The van der Waals surface area contributed by atoms with Crippen molar-refractivity contribution in [3.05, 3.63) is 24.2 Å². The highest BCUT2D eigenvalue weighted by atomic mass is 32.2. The van der Waals surface area contributed by atoms with Crippen molar-refractivity contribution < 1.29 is 14.0 Å². The molecule has 1 aliphatic rings. The van der Waals surface area contributed by atoms with Crippen molar-refractivity contribution in [1.82, 2.24) is 5.32 Å². The average molecular weight is 224 g/mol. The lowest BCUT2D eigenvalue weighted by Crippen LogP contribution is -2.23. The van der Waals surface area contributed by atoms with E-state index in [1.807, 2.05) is 0 Å². The monoisotopic (exact) mass is 224 g/mol. The Hall–Kier alpha value is -1.56. The third kappa shape index (κ3) is 2.10. The largest absolute Gasteiger partial charge is 0.459 e. The number of amidine groups is 1. The van der Waals surface area contributed by atoms with E-state index in [2.05, 4.69) is 10.3 Å². The Bertz CT molecular complexity index is 425. The fraction of sp³-hybridized carbons (Fsp3) is 0.222. The zero-order chi connectivity index (χ0) is 10.8. The van der Waals surface area contributed by atoms with Crippen molar-refractivity contribution in [3.63, 3.8) is 0 Å². The standard InChI is InChI=1S/C9H8N2O3S/c1-5-7(12)10-9(15-5)11-8(13)6-3-2-4-14-6/h2-5H,1H3,(H,10,11,12,13)/t5-/m1/s1. The van der Waals surface area contributed by atoms with Gasteiger partial charge in [0.2, 0.25) is 5.91 Å².